The minimum absolute atomic E-state index is 0.204. The zero-order valence-electron chi connectivity index (χ0n) is 14.0. The Bertz CT molecular complexity index is 706. The molecule has 0 spiro atoms. The third-order valence-corrected chi connectivity index (χ3v) is 3.94. The maximum Gasteiger partial charge on any atom is 0.574 e. The van der Waals surface area contributed by atoms with E-state index in [0.29, 0.717) is 5.69 Å². The first-order chi connectivity index (χ1) is 11.8. The van der Waals surface area contributed by atoms with Gasteiger partial charge in [-0.25, -0.2) is 9.67 Å². The molecule has 0 radical (unpaired) electrons. The van der Waals surface area contributed by atoms with Crippen LogP contribution in [0.5, 0.6) is 5.88 Å². The highest BCUT2D eigenvalue weighted by Crippen LogP contribution is 2.26. The molecule has 0 unspecified atom stereocenters. The topological polar surface area (TPSA) is 55.2 Å². The summed E-state index contributed by atoms with van der Waals surface area (Å²) in [6.45, 7) is 7.62. The molecular formula is C16H20F3N5O. The summed E-state index contributed by atoms with van der Waals surface area (Å²) >= 11 is 0. The number of halogens is 3. The molecule has 0 aromatic carbocycles. The van der Waals surface area contributed by atoms with Gasteiger partial charge in [0, 0.05) is 44.0 Å². The van der Waals surface area contributed by atoms with E-state index in [0.717, 1.165) is 37.7 Å². The van der Waals surface area contributed by atoms with Crippen LogP contribution in [0.4, 0.5) is 19.0 Å². The molecule has 0 aliphatic carbocycles. The lowest BCUT2D eigenvalue weighted by Crippen LogP contribution is -2.43. The third-order valence-electron chi connectivity index (χ3n) is 3.94. The number of aromatic nitrogens is 3. The monoisotopic (exact) mass is 355 g/mol. The third kappa shape index (κ3) is 4.22. The summed E-state index contributed by atoms with van der Waals surface area (Å²) in [6.07, 6.45) is -3.42. The lowest BCUT2D eigenvalue weighted by molar-refractivity contribution is -0.276. The largest absolute Gasteiger partial charge is 0.574 e. The molecule has 25 heavy (non-hydrogen) atoms. The van der Waals surface area contributed by atoms with Crippen LogP contribution < -0.4 is 15.0 Å². The van der Waals surface area contributed by atoms with Gasteiger partial charge in [-0.15, -0.1) is 18.3 Å². The molecule has 0 saturated carbocycles. The van der Waals surface area contributed by atoms with E-state index in [1.807, 2.05) is 19.9 Å². The fourth-order valence-electron chi connectivity index (χ4n) is 2.73. The van der Waals surface area contributed by atoms with Gasteiger partial charge >= 0.3 is 6.36 Å². The normalized spacial score (nSPS) is 15.7. The van der Waals surface area contributed by atoms with Gasteiger partial charge in [0.05, 0.1) is 11.9 Å². The Labute approximate surface area is 143 Å². The Balaban J connectivity index is 1.88. The Kier molecular flexibility index (Phi) is 4.85. The fourth-order valence-corrected chi connectivity index (χ4v) is 2.73. The second-order valence-electron chi connectivity index (χ2n) is 6.13. The highest BCUT2D eigenvalue weighted by Gasteiger charge is 2.31. The Hall–Kier alpha value is -2.29. The van der Waals surface area contributed by atoms with Gasteiger partial charge in [0.1, 0.15) is 0 Å². The van der Waals surface area contributed by atoms with Crippen LogP contribution in [0.3, 0.4) is 0 Å². The molecule has 2 aromatic rings. The molecule has 136 valence electrons. The quantitative estimate of drug-likeness (QED) is 0.914. The number of anilines is 1. The number of nitrogens with one attached hydrogen (secondary N) is 1. The van der Waals surface area contributed by atoms with E-state index in [9.17, 15) is 13.2 Å². The Morgan fingerprint density at radius 3 is 2.48 bits per heavy atom. The molecule has 9 heteroatoms. The average Bonchev–Trinajstić information content (AvgIpc) is 3.00. The molecule has 0 bridgehead atoms. The lowest BCUT2D eigenvalue weighted by atomic mass is 10.1. The van der Waals surface area contributed by atoms with E-state index >= 15 is 0 Å². The van der Waals surface area contributed by atoms with Crippen LogP contribution >= 0.6 is 0 Å². The second-order valence-corrected chi connectivity index (χ2v) is 6.13. The molecule has 1 N–H and O–H groups in total. The first-order valence-electron chi connectivity index (χ1n) is 8.11. The molecule has 0 atom stereocenters. The highest BCUT2D eigenvalue weighted by molar-refractivity contribution is 5.45. The zero-order chi connectivity index (χ0) is 18.0. The number of pyridine rings is 1. The van der Waals surface area contributed by atoms with Gasteiger partial charge in [-0.05, 0) is 12.0 Å². The summed E-state index contributed by atoms with van der Waals surface area (Å²) in [4.78, 5) is 5.92. The van der Waals surface area contributed by atoms with Crippen LogP contribution in [0.1, 0.15) is 25.5 Å². The second kappa shape index (κ2) is 6.91. The summed E-state index contributed by atoms with van der Waals surface area (Å²) in [5.41, 5.74) is 1.57. The maximum atomic E-state index is 12.3. The van der Waals surface area contributed by atoms with Crippen LogP contribution in [0.25, 0.3) is 5.69 Å². The van der Waals surface area contributed by atoms with Crippen molar-refractivity contribution in [2.45, 2.75) is 26.1 Å². The van der Waals surface area contributed by atoms with Gasteiger partial charge in [-0.1, -0.05) is 13.8 Å². The Morgan fingerprint density at radius 1 is 1.20 bits per heavy atom. The lowest BCUT2D eigenvalue weighted by Gasteiger charge is -2.27. The molecule has 1 saturated heterocycles. The van der Waals surface area contributed by atoms with Crippen molar-refractivity contribution in [1.29, 1.82) is 0 Å². The summed E-state index contributed by atoms with van der Waals surface area (Å²) in [6, 6.07) is 4.74. The van der Waals surface area contributed by atoms with Gasteiger partial charge in [-0.2, -0.15) is 0 Å². The standard InChI is InChI=1S/C16H20F3N5O/c1-11(2)13-9-14(23-7-5-20-6-8-23)22-24(13)12-3-4-15(21-10-12)25-16(17,18)19/h3-4,9-11,20H,5-8H2,1-2H3. The van der Waals surface area contributed by atoms with Gasteiger partial charge in [0.2, 0.25) is 5.88 Å². The van der Waals surface area contributed by atoms with Crippen molar-refractivity contribution in [3.05, 3.63) is 30.1 Å². The summed E-state index contributed by atoms with van der Waals surface area (Å²) < 4.78 is 42.3. The molecular weight excluding hydrogens is 335 g/mol. The molecule has 1 aliphatic rings. The van der Waals surface area contributed by atoms with E-state index in [4.69, 9.17) is 0 Å². The SMILES string of the molecule is CC(C)c1cc(N2CCNCC2)nn1-c1ccc(OC(F)(F)F)nc1. The number of piperazine rings is 1. The summed E-state index contributed by atoms with van der Waals surface area (Å²) in [7, 11) is 0. The van der Waals surface area contributed by atoms with Crippen LogP contribution in [0.15, 0.2) is 24.4 Å². The predicted octanol–water partition coefficient (Wildman–Crippen LogP) is 2.70. The number of ether oxygens (including phenoxy) is 1. The van der Waals surface area contributed by atoms with Gasteiger partial charge in [0.15, 0.2) is 5.82 Å². The van der Waals surface area contributed by atoms with E-state index in [2.05, 4.69) is 25.0 Å². The minimum atomic E-state index is -4.75. The molecule has 1 fully saturated rings. The smallest absolute Gasteiger partial charge is 0.388 e. The fraction of sp³-hybridized carbons (Fsp3) is 0.500. The average molecular weight is 355 g/mol. The van der Waals surface area contributed by atoms with Crippen LogP contribution in [0, 0.1) is 0 Å². The highest BCUT2D eigenvalue weighted by atomic mass is 19.4. The van der Waals surface area contributed by atoms with Crippen molar-refractivity contribution in [2.24, 2.45) is 0 Å². The predicted molar refractivity (Wildman–Crippen MR) is 87.2 cm³/mol. The number of rotatable bonds is 4. The van der Waals surface area contributed by atoms with Crippen LogP contribution in [-0.4, -0.2) is 47.3 Å². The van der Waals surface area contributed by atoms with E-state index < -0.39 is 12.2 Å². The van der Waals surface area contributed by atoms with Crippen molar-refractivity contribution in [3.63, 3.8) is 0 Å². The Morgan fingerprint density at radius 2 is 1.92 bits per heavy atom. The molecule has 3 heterocycles. The summed E-state index contributed by atoms with van der Waals surface area (Å²) in [5, 5.41) is 7.93. The minimum Gasteiger partial charge on any atom is -0.388 e. The maximum absolute atomic E-state index is 12.3. The number of alkyl halides is 3. The summed E-state index contributed by atoms with van der Waals surface area (Å²) in [5.74, 6) is 0.577. The molecule has 1 aliphatic heterocycles. The molecule has 6 nitrogen and oxygen atoms in total. The molecule has 2 aromatic heterocycles. The molecule has 3 rings (SSSR count). The van der Waals surface area contributed by atoms with Crippen molar-refractivity contribution >= 4 is 5.82 Å². The van der Waals surface area contributed by atoms with Gasteiger partial charge in [0.25, 0.3) is 0 Å². The van der Waals surface area contributed by atoms with Crippen molar-refractivity contribution in [1.82, 2.24) is 20.1 Å². The van der Waals surface area contributed by atoms with E-state index in [-0.39, 0.29) is 5.92 Å². The number of nitrogens with zero attached hydrogens (tertiary/aromatic N) is 4. The van der Waals surface area contributed by atoms with Crippen molar-refractivity contribution in [3.8, 4) is 11.6 Å². The zero-order valence-corrected chi connectivity index (χ0v) is 14.0. The van der Waals surface area contributed by atoms with Crippen LogP contribution in [0.2, 0.25) is 0 Å². The van der Waals surface area contributed by atoms with Crippen molar-refractivity contribution in [2.75, 3.05) is 31.1 Å². The first kappa shape index (κ1) is 17.5. The number of hydrogen-bond acceptors (Lipinski definition) is 5. The van der Waals surface area contributed by atoms with E-state index in [1.165, 1.54) is 18.3 Å². The molecule has 0 amide bonds. The van der Waals surface area contributed by atoms with Crippen LogP contribution in [-0.2, 0) is 0 Å². The first-order valence-corrected chi connectivity index (χ1v) is 8.11. The van der Waals surface area contributed by atoms with Gasteiger partial charge in [-0.3, -0.25) is 0 Å². The number of hydrogen-bond donors (Lipinski definition) is 1. The van der Waals surface area contributed by atoms with Crippen molar-refractivity contribution < 1.29 is 17.9 Å². The van der Waals surface area contributed by atoms with E-state index in [1.54, 1.807) is 4.68 Å². The van der Waals surface area contributed by atoms with Gasteiger partial charge < -0.3 is 15.0 Å².